The molecule has 2 aliphatic rings. The van der Waals surface area contributed by atoms with Crippen LogP contribution < -0.4 is 19.4 Å². The van der Waals surface area contributed by atoms with Gasteiger partial charge in [-0.25, -0.2) is 14.4 Å². The minimum Gasteiger partial charge on any atom is -0.497 e. The average Bonchev–Trinajstić information content (AvgIpc) is 2.89. The van der Waals surface area contributed by atoms with E-state index in [0.29, 0.717) is 51.2 Å². The van der Waals surface area contributed by atoms with Gasteiger partial charge in [0.25, 0.3) is 0 Å². The van der Waals surface area contributed by atoms with Gasteiger partial charge in [-0.05, 0) is 24.3 Å². The van der Waals surface area contributed by atoms with Crippen molar-refractivity contribution in [2.75, 3.05) is 74.3 Å². The summed E-state index contributed by atoms with van der Waals surface area (Å²) in [4.78, 5) is 20.4. The summed E-state index contributed by atoms with van der Waals surface area (Å²) >= 11 is 0. The molecule has 0 unspecified atom stereocenters. The zero-order chi connectivity index (χ0) is 22.6. The summed E-state index contributed by atoms with van der Waals surface area (Å²) < 4.78 is 25.1. The number of piperazine rings is 1. The van der Waals surface area contributed by atoms with Crippen molar-refractivity contribution in [1.82, 2.24) is 15.0 Å². The van der Waals surface area contributed by atoms with Crippen LogP contribution in [0, 0.1) is 5.82 Å². The Kier molecular flexibility index (Phi) is 6.21. The maximum absolute atomic E-state index is 14.2. The molecule has 2 fully saturated rings. The third kappa shape index (κ3) is 4.68. The monoisotopic (exact) mass is 450 g/mol. The van der Waals surface area contributed by atoms with Crippen molar-refractivity contribution in [3.8, 4) is 17.0 Å². The summed E-state index contributed by atoms with van der Waals surface area (Å²) in [6.45, 7) is 5.60. The van der Waals surface area contributed by atoms with Gasteiger partial charge in [0.1, 0.15) is 11.6 Å². The molecule has 8 nitrogen and oxygen atoms in total. The first-order chi connectivity index (χ1) is 16.2. The first-order valence-corrected chi connectivity index (χ1v) is 11.2. The van der Waals surface area contributed by atoms with E-state index in [-0.39, 0.29) is 5.82 Å². The summed E-state index contributed by atoms with van der Waals surface area (Å²) in [5, 5.41) is 0. The van der Waals surface area contributed by atoms with Crippen molar-refractivity contribution in [2.45, 2.75) is 0 Å². The van der Waals surface area contributed by atoms with E-state index in [1.807, 2.05) is 35.2 Å². The van der Waals surface area contributed by atoms with E-state index in [1.54, 1.807) is 19.4 Å². The summed E-state index contributed by atoms with van der Waals surface area (Å²) in [5.74, 6) is 2.47. The third-order valence-corrected chi connectivity index (χ3v) is 6.00. The van der Waals surface area contributed by atoms with Crippen LogP contribution in [-0.4, -0.2) is 74.5 Å². The molecule has 2 aromatic heterocycles. The van der Waals surface area contributed by atoms with Crippen LogP contribution in [0.2, 0.25) is 0 Å². The highest BCUT2D eigenvalue weighted by molar-refractivity contribution is 5.67. The Labute approximate surface area is 192 Å². The van der Waals surface area contributed by atoms with Gasteiger partial charge in [0.15, 0.2) is 11.6 Å². The molecule has 0 N–H and O–H groups in total. The first kappa shape index (κ1) is 21.4. The molecular weight excluding hydrogens is 423 g/mol. The van der Waals surface area contributed by atoms with Crippen molar-refractivity contribution in [2.24, 2.45) is 0 Å². The standard InChI is InChI=1S/C24H27FN6O2/c1-32-19-5-2-4-18(16-19)21-17-22(28-24(27-21)31-12-14-33-15-13-31)29-8-10-30(11-9-29)23-20(25)6-3-7-26-23/h2-7,16-17H,8-15H2,1H3. The van der Waals surface area contributed by atoms with Crippen molar-refractivity contribution in [3.63, 3.8) is 0 Å². The normalized spacial score (nSPS) is 16.7. The van der Waals surface area contributed by atoms with E-state index in [9.17, 15) is 4.39 Å². The maximum Gasteiger partial charge on any atom is 0.228 e. The van der Waals surface area contributed by atoms with Crippen LogP contribution in [0.3, 0.4) is 0 Å². The lowest BCUT2D eigenvalue weighted by atomic mass is 10.1. The SMILES string of the molecule is COc1cccc(-c2cc(N3CCN(c4ncccc4F)CC3)nc(N3CCOCC3)n2)c1. The second-order valence-electron chi connectivity index (χ2n) is 8.03. The van der Waals surface area contributed by atoms with Crippen LogP contribution in [0.4, 0.5) is 22.0 Å². The van der Waals surface area contributed by atoms with Gasteiger partial charge in [-0.3, -0.25) is 0 Å². The van der Waals surface area contributed by atoms with Crippen molar-refractivity contribution < 1.29 is 13.9 Å². The number of ether oxygens (including phenoxy) is 2. The molecule has 1 aromatic carbocycles. The molecule has 2 aliphatic heterocycles. The van der Waals surface area contributed by atoms with Crippen LogP contribution in [0.1, 0.15) is 0 Å². The predicted octanol–water partition coefficient (Wildman–Crippen LogP) is 2.85. The number of methoxy groups -OCH3 is 1. The number of hydrogen-bond donors (Lipinski definition) is 0. The molecule has 0 saturated carbocycles. The fourth-order valence-electron chi connectivity index (χ4n) is 4.18. The Bertz CT molecular complexity index is 1100. The number of aromatic nitrogens is 3. The number of halogens is 1. The molecule has 172 valence electrons. The molecule has 0 spiro atoms. The largest absolute Gasteiger partial charge is 0.497 e. The van der Waals surface area contributed by atoms with E-state index in [0.717, 1.165) is 35.9 Å². The number of rotatable bonds is 5. The molecule has 3 aromatic rings. The molecule has 9 heteroatoms. The molecular formula is C24H27FN6O2. The lowest BCUT2D eigenvalue weighted by molar-refractivity contribution is 0.122. The lowest BCUT2D eigenvalue weighted by Crippen LogP contribution is -2.47. The Balaban J connectivity index is 1.43. The van der Waals surface area contributed by atoms with E-state index in [2.05, 4.69) is 14.8 Å². The second kappa shape index (κ2) is 9.58. The zero-order valence-electron chi connectivity index (χ0n) is 18.7. The van der Waals surface area contributed by atoms with Gasteiger partial charge in [0, 0.05) is 57.1 Å². The third-order valence-electron chi connectivity index (χ3n) is 6.00. The molecule has 0 amide bonds. The van der Waals surface area contributed by atoms with Crippen LogP contribution in [0.5, 0.6) is 5.75 Å². The summed E-state index contributed by atoms with van der Waals surface area (Å²) in [6.07, 6.45) is 1.63. The van der Waals surface area contributed by atoms with Crippen molar-refractivity contribution in [3.05, 3.63) is 54.5 Å². The highest BCUT2D eigenvalue weighted by Crippen LogP contribution is 2.29. The fourth-order valence-corrected chi connectivity index (χ4v) is 4.18. The molecule has 0 radical (unpaired) electrons. The number of anilines is 3. The Morgan fingerprint density at radius 3 is 2.42 bits per heavy atom. The molecule has 4 heterocycles. The van der Waals surface area contributed by atoms with Crippen LogP contribution in [-0.2, 0) is 4.74 Å². The number of nitrogens with zero attached hydrogens (tertiary/aromatic N) is 6. The van der Waals surface area contributed by atoms with Gasteiger partial charge >= 0.3 is 0 Å². The van der Waals surface area contributed by atoms with Crippen LogP contribution in [0.15, 0.2) is 48.7 Å². The van der Waals surface area contributed by atoms with Gasteiger partial charge in [-0.15, -0.1) is 0 Å². The van der Waals surface area contributed by atoms with Crippen molar-refractivity contribution >= 4 is 17.6 Å². The molecule has 5 rings (SSSR count). The lowest BCUT2D eigenvalue weighted by Gasteiger charge is -2.36. The van der Waals surface area contributed by atoms with E-state index < -0.39 is 0 Å². The summed E-state index contributed by atoms with van der Waals surface area (Å²) in [6, 6.07) is 13.0. The van der Waals surface area contributed by atoms with Crippen LogP contribution in [0.25, 0.3) is 11.3 Å². The van der Waals surface area contributed by atoms with Crippen molar-refractivity contribution in [1.29, 1.82) is 0 Å². The van der Waals surface area contributed by atoms with Gasteiger partial charge in [0.05, 0.1) is 26.0 Å². The summed E-state index contributed by atoms with van der Waals surface area (Å²) in [7, 11) is 1.66. The number of hydrogen-bond acceptors (Lipinski definition) is 8. The first-order valence-electron chi connectivity index (χ1n) is 11.2. The topological polar surface area (TPSA) is 66.9 Å². The molecule has 2 saturated heterocycles. The molecule has 0 atom stereocenters. The highest BCUT2D eigenvalue weighted by atomic mass is 19.1. The smallest absolute Gasteiger partial charge is 0.228 e. The van der Waals surface area contributed by atoms with Gasteiger partial charge in [-0.1, -0.05) is 12.1 Å². The van der Waals surface area contributed by atoms with Crippen LogP contribution >= 0.6 is 0 Å². The van der Waals surface area contributed by atoms with E-state index in [1.165, 1.54) is 6.07 Å². The van der Waals surface area contributed by atoms with E-state index in [4.69, 9.17) is 19.4 Å². The highest BCUT2D eigenvalue weighted by Gasteiger charge is 2.24. The van der Waals surface area contributed by atoms with Gasteiger partial charge < -0.3 is 24.2 Å². The Morgan fingerprint density at radius 1 is 0.879 bits per heavy atom. The van der Waals surface area contributed by atoms with Gasteiger partial charge in [-0.2, -0.15) is 4.98 Å². The molecule has 0 aliphatic carbocycles. The quantitative estimate of drug-likeness (QED) is 0.588. The minimum atomic E-state index is -0.289. The Morgan fingerprint density at radius 2 is 1.67 bits per heavy atom. The summed E-state index contributed by atoms with van der Waals surface area (Å²) in [5.41, 5.74) is 1.82. The molecule has 0 bridgehead atoms. The number of pyridine rings is 1. The fraction of sp³-hybridized carbons (Fsp3) is 0.375. The number of morpholine rings is 1. The average molecular weight is 451 g/mol. The molecule has 33 heavy (non-hydrogen) atoms. The van der Waals surface area contributed by atoms with E-state index >= 15 is 0 Å². The van der Waals surface area contributed by atoms with Gasteiger partial charge in [0.2, 0.25) is 5.95 Å². The zero-order valence-corrected chi connectivity index (χ0v) is 18.7. The second-order valence-corrected chi connectivity index (χ2v) is 8.03. The maximum atomic E-state index is 14.2. The predicted molar refractivity (Wildman–Crippen MR) is 126 cm³/mol. The number of benzene rings is 1. The Hall–Kier alpha value is -3.46. The minimum absolute atomic E-state index is 0.289.